The van der Waals surface area contributed by atoms with Crippen LogP contribution >= 0.6 is 0 Å². The highest BCUT2D eigenvalue weighted by Gasteiger charge is 2.22. The third-order valence-corrected chi connectivity index (χ3v) is 4.14. The number of hydrogen-bond donors (Lipinski definition) is 2. The fourth-order valence-electron chi connectivity index (χ4n) is 2.44. The predicted octanol–water partition coefficient (Wildman–Crippen LogP) is 1.57. The lowest BCUT2D eigenvalue weighted by Crippen LogP contribution is -2.38. The number of aromatic nitrogens is 3. The fourth-order valence-corrected chi connectivity index (χ4v) is 2.44. The lowest BCUT2D eigenvalue weighted by Gasteiger charge is -2.19. The number of rotatable bonds is 5. The second-order valence-electron chi connectivity index (χ2n) is 5.88. The van der Waals surface area contributed by atoms with Gasteiger partial charge in [-0.2, -0.15) is 5.10 Å². The highest BCUT2D eigenvalue weighted by Crippen LogP contribution is 2.20. The summed E-state index contributed by atoms with van der Waals surface area (Å²) >= 11 is 0. The molecule has 1 amide bonds. The van der Waals surface area contributed by atoms with Crippen molar-refractivity contribution in [2.24, 2.45) is 13.0 Å². The van der Waals surface area contributed by atoms with Gasteiger partial charge in [0.25, 0.3) is 5.91 Å². The molecule has 2 rings (SSSR count). The fraction of sp³-hybridized carbons (Fsp3) is 0.500. The van der Waals surface area contributed by atoms with Crippen molar-refractivity contribution in [2.45, 2.75) is 33.7 Å². The molecular weight excluding hydrogens is 280 g/mol. The number of carbonyl (C=O) groups is 1. The van der Waals surface area contributed by atoms with Gasteiger partial charge in [-0.25, -0.2) is 0 Å². The van der Waals surface area contributed by atoms with Gasteiger partial charge in [0.05, 0.1) is 6.20 Å². The number of aliphatic hydroxyl groups is 1. The normalized spacial score (nSPS) is 13.9. The molecule has 2 heterocycles. The molecule has 2 unspecified atom stereocenters. The maximum Gasteiger partial charge on any atom is 0.256 e. The Morgan fingerprint density at radius 1 is 1.32 bits per heavy atom. The molecule has 2 aromatic rings. The monoisotopic (exact) mass is 304 g/mol. The van der Waals surface area contributed by atoms with Gasteiger partial charge >= 0.3 is 0 Å². The summed E-state index contributed by atoms with van der Waals surface area (Å²) < 4.78 is 3.72. The van der Waals surface area contributed by atoms with Gasteiger partial charge in [-0.3, -0.25) is 9.48 Å². The lowest BCUT2D eigenvalue weighted by molar-refractivity contribution is 0.0916. The van der Waals surface area contributed by atoms with E-state index >= 15 is 0 Å². The molecule has 6 heteroatoms. The van der Waals surface area contributed by atoms with Crippen molar-refractivity contribution in [3.63, 3.8) is 0 Å². The highest BCUT2D eigenvalue weighted by atomic mass is 16.3. The van der Waals surface area contributed by atoms with Gasteiger partial charge in [-0.1, -0.05) is 6.92 Å². The third-order valence-electron chi connectivity index (χ3n) is 4.14. The van der Waals surface area contributed by atoms with Crippen molar-refractivity contribution in [3.05, 3.63) is 35.3 Å². The standard InChI is InChI=1S/C16H24N4O2/c1-10(9-21)13(4)18-15(22)14-8-17-19(5)16(14)20-11(2)6-7-12(20)3/h6-8,10,13,21H,9H2,1-5H3,(H,18,22). The van der Waals surface area contributed by atoms with E-state index in [0.29, 0.717) is 5.56 Å². The van der Waals surface area contributed by atoms with E-state index in [1.165, 1.54) is 0 Å². The van der Waals surface area contributed by atoms with Crippen molar-refractivity contribution in [3.8, 4) is 5.82 Å². The molecule has 6 nitrogen and oxygen atoms in total. The number of aryl methyl sites for hydroxylation is 3. The molecule has 0 fully saturated rings. The van der Waals surface area contributed by atoms with Gasteiger partial charge in [0.2, 0.25) is 0 Å². The van der Waals surface area contributed by atoms with Crippen molar-refractivity contribution in [2.75, 3.05) is 6.61 Å². The molecule has 0 aliphatic rings. The molecule has 2 aromatic heterocycles. The van der Waals surface area contributed by atoms with E-state index in [1.807, 2.05) is 51.4 Å². The summed E-state index contributed by atoms with van der Waals surface area (Å²) in [6, 6.07) is 3.92. The van der Waals surface area contributed by atoms with E-state index < -0.39 is 0 Å². The second kappa shape index (κ2) is 6.36. The minimum atomic E-state index is -0.177. The van der Waals surface area contributed by atoms with E-state index in [-0.39, 0.29) is 24.5 Å². The van der Waals surface area contributed by atoms with Crippen LogP contribution in [0.2, 0.25) is 0 Å². The molecule has 0 spiro atoms. The minimum absolute atomic E-state index is 0.000813. The van der Waals surface area contributed by atoms with Crippen LogP contribution in [0.5, 0.6) is 0 Å². The molecule has 0 aliphatic carbocycles. The molecule has 0 saturated carbocycles. The number of aliphatic hydroxyl groups excluding tert-OH is 1. The molecule has 0 bridgehead atoms. The number of amides is 1. The van der Waals surface area contributed by atoms with Crippen LogP contribution in [0, 0.1) is 19.8 Å². The number of hydrogen-bond acceptors (Lipinski definition) is 3. The van der Waals surface area contributed by atoms with E-state index in [2.05, 4.69) is 10.4 Å². The summed E-state index contributed by atoms with van der Waals surface area (Å²) in [7, 11) is 1.82. The van der Waals surface area contributed by atoms with E-state index in [1.54, 1.807) is 10.9 Å². The van der Waals surface area contributed by atoms with Gasteiger partial charge < -0.3 is 15.0 Å². The summed E-state index contributed by atoms with van der Waals surface area (Å²) in [5.74, 6) is 0.573. The van der Waals surface area contributed by atoms with Gasteiger partial charge in [0.15, 0.2) is 0 Å². The Kier molecular flexibility index (Phi) is 4.71. The first-order valence-electron chi connectivity index (χ1n) is 7.45. The van der Waals surface area contributed by atoms with Crippen molar-refractivity contribution in [1.82, 2.24) is 19.7 Å². The smallest absolute Gasteiger partial charge is 0.256 e. The summed E-state index contributed by atoms with van der Waals surface area (Å²) in [5.41, 5.74) is 2.63. The number of nitrogens with one attached hydrogen (secondary N) is 1. The van der Waals surface area contributed by atoms with Gasteiger partial charge in [-0.05, 0) is 38.8 Å². The molecule has 0 aromatic carbocycles. The largest absolute Gasteiger partial charge is 0.396 e. The second-order valence-corrected chi connectivity index (χ2v) is 5.88. The molecule has 0 saturated heterocycles. The van der Waals surface area contributed by atoms with Gasteiger partial charge in [-0.15, -0.1) is 0 Å². The number of carbonyl (C=O) groups excluding carboxylic acids is 1. The van der Waals surface area contributed by atoms with Crippen molar-refractivity contribution < 1.29 is 9.90 Å². The Hall–Kier alpha value is -2.08. The van der Waals surface area contributed by atoms with Gasteiger partial charge in [0.1, 0.15) is 11.4 Å². The minimum Gasteiger partial charge on any atom is -0.396 e. The zero-order valence-electron chi connectivity index (χ0n) is 13.8. The number of nitrogens with zero attached hydrogens (tertiary/aromatic N) is 3. The maximum absolute atomic E-state index is 12.6. The first-order valence-corrected chi connectivity index (χ1v) is 7.45. The summed E-state index contributed by atoms with van der Waals surface area (Å²) in [5, 5.41) is 16.4. The van der Waals surface area contributed by atoms with Crippen LogP contribution in [-0.4, -0.2) is 38.0 Å². The molecule has 0 radical (unpaired) electrons. The molecule has 22 heavy (non-hydrogen) atoms. The highest BCUT2D eigenvalue weighted by molar-refractivity contribution is 5.97. The first-order chi connectivity index (χ1) is 10.4. The van der Waals surface area contributed by atoms with Crippen LogP contribution in [0.3, 0.4) is 0 Å². The van der Waals surface area contributed by atoms with Crippen LogP contribution in [0.25, 0.3) is 5.82 Å². The first kappa shape index (κ1) is 16.3. The average molecular weight is 304 g/mol. The quantitative estimate of drug-likeness (QED) is 0.881. The summed E-state index contributed by atoms with van der Waals surface area (Å²) in [6.45, 7) is 7.82. The van der Waals surface area contributed by atoms with Crippen molar-refractivity contribution in [1.29, 1.82) is 0 Å². The maximum atomic E-state index is 12.6. The van der Waals surface area contributed by atoms with E-state index in [9.17, 15) is 9.90 Å². The van der Waals surface area contributed by atoms with Crippen LogP contribution < -0.4 is 5.32 Å². The van der Waals surface area contributed by atoms with Crippen LogP contribution in [-0.2, 0) is 7.05 Å². The Labute approximate surface area is 130 Å². The SMILES string of the molecule is Cc1ccc(C)n1-c1c(C(=O)NC(C)C(C)CO)cnn1C. The Balaban J connectivity index is 2.36. The van der Waals surface area contributed by atoms with Gasteiger partial charge in [0, 0.05) is 31.1 Å². The van der Waals surface area contributed by atoms with E-state index in [0.717, 1.165) is 17.2 Å². The molecule has 2 N–H and O–H groups in total. The molecule has 0 aliphatic heterocycles. The Morgan fingerprint density at radius 2 is 1.91 bits per heavy atom. The van der Waals surface area contributed by atoms with Crippen molar-refractivity contribution >= 4 is 5.91 Å². The van der Waals surface area contributed by atoms with Crippen LogP contribution in [0.15, 0.2) is 18.3 Å². The summed E-state index contributed by atoms with van der Waals surface area (Å²) in [6.07, 6.45) is 1.58. The molecule has 2 atom stereocenters. The summed E-state index contributed by atoms with van der Waals surface area (Å²) in [4.78, 5) is 12.6. The topological polar surface area (TPSA) is 72.1 Å². The lowest BCUT2D eigenvalue weighted by atomic mass is 10.0. The average Bonchev–Trinajstić information content (AvgIpc) is 3.00. The Morgan fingerprint density at radius 3 is 2.45 bits per heavy atom. The third kappa shape index (κ3) is 2.92. The van der Waals surface area contributed by atoms with E-state index in [4.69, 9.17) is 0 Å². The molecule has 120 valence electrons. The zero-order chi connectivity index (χ0) is 16.4. The Bertz CT molecular complexity index is 652. The predicted molar refractivity (Wildman–Crippen MR) is 85.2 cm³/mol. The zero-order valence-corrected chi connectivity index (χ0v) is 13.8. The van der Waals surface area contributed by atoms with Crippen LogP contribution in [0.1, 0.15) is 35.6 Å². The molecular formula is C16H24N4O2. The van der Waals surface area contributed by atoms with Crippen LogP contribution in [0.4, 0.5) is 0 Å².